The Kier molecular flexibility index (Phi) is 4.92. The van der Waals surface area contributed by atoms with Crippen LogP contribution in [0.3, 0.4) is 0 Å². The second kappa shape index (κ2) is 7.28. The van der Waals surface area contributed by atoms with E-state index in [9.17, 15) is 0 Å². The molecule has 2 heteroatoms. The quantitative estimate of drug-likeness (QED) is 0.839. The van der Waals surface area contributed by atoms with Crippen LogP contribution in [0.15, 0.2) is 60.7 Å². The van der Waals surface area contributed by atoms with Crippen LogP contribution in [0.25, 0.3) is 6.08 Å². The van der Waals surface area contributed by atoms with E-state index in [0.717, 1.165) is 32.7 Å². The molecule has 1 aliphatic heterocycles. The summed E-state index contributed by atoms with van der Waals surface area (Å²) in [5.41, 5.74) is 4.09. The Labute approximate surface area is 133 Å². The smallest absolute Gasteiger partial charge is 0.0440 e. The van der Waals surface area contributed by atoms with Crippen molar-refractivity contribution in [2.45, 2.75) is 13.5 Å². The molecule has 0 spiro atoms. The molecule has 0 amide bonds. The fraction of sp³-hybridized carbons (Fsp3) is 0.300. The molecule has 1 heterocycles. The molecule has 1 saturated heterocycles. The van der Waals surface area contributed by atoms with E-state index < -0.39 is 0 Å². The molecule has 0 atom stereocenters. The molecule has 1 fully saturated rings. The number of allylic oxidation sites excluding steroid dienone is 1. The van der Waals surface area contributed by atoms with E-state index in [0.29, 0.717) is 0 Å². The highest BCUT2D eigenvalue weighted by molar-refractivity contribution is 5.67. The van der Waals surface area contributed by atoms with E-state index >= 15 is 0 Å². The van der Waals surface area contributed by atoms with Gasteiger partial charge in [-0.05, 0) is 24.1 Å². The van der Waals surface area contributed by atoms with Gasteiger partial charge in [-0.15, -0.1) is 0 Å². The van der Waals surface area contributed by atoms with Gasteiger partial charge in [-0.1, -0.05) is 60.7 Å². The molecule has 0 aliphatic carbocycles. The number of rotatable bonds is 4. The summed E-state index contributed by atoms with van der Waals surface area (Å²) in [6, 6.07) is 19.5. The normalized spacial score (nSPS) is 16.3. The van der Waals surface area contributed by atoms with Gasteiger partial charge in [0.25, 0.3) is 0 Å². The molecular formula is C20H24N2. The maximum atomic E-state index is 2.55. The van der Waals surface area contributed by atoms with Crippen LogP contribution >= 0.6 is 0 Å². The predicted molar refractivity (Wildman–Crippen MR) is 95.1 cm³/mol. The van der Waals surface area contributed by atoms with E-state index in [1.165, 1.54) is 16.8 Å². The first-order valence-electron chi connectivity index (χ1n) is 8.10. The third-order valence-electron chi connectivity index (χ3n) is 4.24. The highest BCUT2D eigenvalue weighted by Crippen LogP contribution is 2.23. The minimum absolute atomic E-state index is 1.06. The zero-order valence-electron chi connectivity index (χ0n) is 13.3. The Hall–Kier alpha value is -2.06. The van der Waals surface area contributed by atoms with E-state index in [1.54, 1.807) is 0 Å². The van der Waals surface area contributed by atoms with Crippen LogP contribution in [-0.4, -0.2) is 31.1 Å². The summed E-state index contributed by atoms with van der Waals surface area (Å²) >= 11 is 0. The summed E-state index contributed by atoms with van der Waals surface area (Å²) in [4.78, 5) is 5.06. The Balaban J connectivity index is 1.62. The van der Waals surface area contributed by atoms with Gasteiger partial charge >= 0.3 is 0 Å². The van der Waals surface area contributed by atoms with Crippen LogP contribution in [0.1, 0.15) is 18.1 Å². The third kappa shape index (κ3) is 3.58. The number of benzene rings is 2. The van der Waals surface area contributed by atoms with Gasteiger partial charge in [0.05, 0.1) is 0 Å². The first kappa shape index (κ1) is 14.9. The molecule has 22 heavy (non-hydrogen) atoms. The van der Waals surface area contributed by atoms with Crippen molar-refractivity contribution in [3.8, 4) is 0 Å². The van der Waals surface area contributed by atoms with E-state index in [1.807, 2.05) is 0 Å². The molecule has 3 rings (SSSR count). The van der Waals surface area contributed by atoms with Crippen molar-refractivity contribution >= 4 is 11.8 Å². The maximum Gasteiger partial charge on any atom is 0.0440 e. The van der Waals surface area contributed by atoms with Crippen molar-refractivity contribution in [2.75, 3.05) is 31.1 Å². The van der Waals surface area contributed by atoms with Crippen molar-refractivity contribution in [1.82, 2.24) is 4.90 Å². The molecule has 2 aromatic rings. The van der Waals surface area contributed by atoms with Gasteiger partial charge in [0, 0.05) is 38.4 Å². The fourth-order valence-corrected chi connectivity index (χ4v) is 3.08. The molecule has 0 aromatic heterocycles. The van der Waals surface area contributed by atoms with Crippen LogP contribution in [0.4, 0.5) is 5.69 Å². The minimum Gasteiger partial charge on any atom is -0.368 e. The molecule has 0 bridgehead atoms. The average Bonchev–Trinajstić information content (AvgIpc) is 2.58. The van der Waals surface area contributed by atoms with E-state index in [-0.39, 0.29) is 0 Å². The summed E-state index contributed by atoms with van der Waals surface area (Å²) in [5.74, 6) is 0. The molecular weight excluding hydrogens is 268 g/mol. The van der Waals surface area contributed by atoms with Crippen molar-refractivity contribution < 1.29 is 0 Å². The van der Waals surface area contributed by atoms with Crippen LogP contribution in [0.2, 0.25) is 0 Å². The summed E-state index contributed by atoms with van der Waals surface area (Å²) in [7, 11) is 0. The number of anilines is 1. The van der Waals surface area contributed by atoms with Crippen LogP contribution in [-0.2, 0) is 6.54 Å². The number of piperazine rings is 1. The molecule has 0 unspecified atom stereocenters. The van der Waals surface area contributed by atoms with Gasteiger partial charge in [0.15, 0.2) is 0 Å². The van der Waals surface area contributed by atoms with Crippen LogP contribution < -0.4 is 4.90 Å². The maximum absolute atomic E-state index is 2.55. The fourth-order valence-electron chi connectivity index (χ4n) is 3.08. The van der Waals surface area contributed by atoms with E-state index in [4.69, 9.17) is 0 Å². The topological polar surface area (TPSA) is 6.48 Å². The predicted octanol–water partition coefficient (Wildman–Crippen LogP) is 4.04. The average molecular weight is 292 g/mol. The van der Waals surface area contributed by atoms with Gasteiger partial charge in [-0.3, -0.25) is 4.90 Å². The standard InChI is InChI=1S/C20H24N2/c1-2-8-19-11-6-7-12-20(19)22-15-13-21(14-16-22)17-18-9-4-3-5-10-18/h2-12H,13-17H2,1H3. The van der Waals surface area contributed by atoms with Gasteiger partial charge < -0.3 is 4.90 Å². The van der Waals surface area contributed by atoms with Crippen molar-refractivity contribution in [1.29, 1.82) is 0 Å². The highest BCUT2D eigenvalue weighted by Gasteiger charge is 2.18. The summed E-state index contributed by atoms with van der Waals surface area (Å²) in [6.45, 7) is 7.58. The lowest BCUT2D eigenvalue weighted by atomic mass is 10.1. The Bertz CT molecular complexity index is 611. The van der Waals surface area contributed by atoms with Crippen LogP contribution in [0, 0.1) is 0 Å². The number of nitrogens with zero attached hydrogens (tertiary/aromatic N) is 2. The molecule has 0 radical (unpaired) electrons. The lowest BCUT2D eigenvalue weighted by Gasteiger charge is -2.36. The van der Waals surface area contributed by atoms with Crippen molar-refractivity contribution in [3.05, 3.63) is 71.8 Å². The van der Waals surface area contributed by atoms with Crippen molar-refractivity contribution in [2.24, 2.45) is 0 Å². The number of para-hydroxylation sites is 1. The Morgan fingerprint density at radius 1 is 0.864 bits per heavy atom. The first-order valence-corrected chi connectivity index (χ1v) is 8.10. The van der Waals surface area contributed by atoms with E-state index in [2.05, 4.69) is 83.5 Å². The minimum atomic E-state index is 1.06. The first-order chi connectivity index (χ1) is 10.9. The van der Waals surface area contributed by atoms with Crippen molar-refractivity contribution in [3.63, 3.8) is 0 Å². The van der Waals surface area contributed by atoms with Gasteiger partial charge in [-0.25, -0.2) is 0 Å². The zero-order valence-corrected chi connectivity index (χ0v) is 13.3. The molecule has 114 valence electrons. The van der Waals surface area contributed by atoms with Crippen LogP contribution in [0.5, 0.6) is 0 Å². The van der Waals surface area contributed by atoms with Gasteiger partial charge in [-0.2, -0.15) is 0 Å². The second-order valence-electron chi connectivity index (χ2n) is 5.81. The third-order valence-corrected chi connectivity index (χ3v) is 4.24. The number of hydrogen-bond acceptors (Lipinski definition) is 2. The molecule has 2 aromatic carbocycles. The molecule has 1 aliphatic rings. The number of hydrogen-bond donors (Lipinski definition) is 0. The van der Waals surface area contributed by atoms with Gasteiger partial charge in [0.1, 0.15) is 0 Å². The molecule has 0 saturated carbocycles. The SMILES string of the molecule is CC=Cc1ccccc1N1CCN(Cc2ccccc2)CC1. The summed E-state index contributed by atoms with van der Waals surface area (Å²) < 4.78 is 0. The largest absolute Gasteiger partial charge is 0.368 e. The molecule has 2 nitrogen and oxygen atoms in total. The summed E-state index contributed by atoms with van der Waals surface area (Å²) in [6.07, 6.45) is 4.32. The monoisotopic (exact) mass is 292 g/mol. The second-order valence-corrected chi connectivity index (χ2v) is 5.81. The molecule has 0 N–H and O–H groups in total. The Morgan fingerprint density at radius 3 is 2.27 bits per heavy atom. The lowest BCUT2D eigenvalue weighted by Crippen LogP contribution is -2.46. The zero-order chi connectivity index (χ0) is 15.2. The summed E-state index contributed by atoms with van der Waals surface area (Å²) in [5, 5.41) is 0. The van der Waals surface area contributed by atoms with Gasteiger partial charge in [0.2, 0.25) is 0 Å². The highest BCUT2D eigenvalue weighted by atomic mass is 15.3. The lowest BCUT2D eigenvalue weighted by molar-refractivity contribution is 0.250. The Morgan fingerprint density at radius 2 is 1.55 bits per heavy atom.